The number of carbonyl (C=O) groups excluding carboxylic acids is 1. The van der Waals surface area contributed by atoms with E-state index in [9.17, 15) is 4.79 Å². The van der Waals surface area contributed by atoms with E-state index in [0.717, 1.165) is 50.0 Å². The fraction of sp³-hybridized carbons (Fsp3) is 0.588. The maximum Gasteiger partial charge on any atom is 0.166 e. The molecular weight excluding hydrogens is 288 g/mol. The molecule has 2 aliphatic heterocycles. The van der Waals surface area contributed by atoms with Crippen molar-refractivity contribution in [3.05, 3.63) is 34.3 Å². The summed E-state index contributed by atoms with van der Waals surface area (Å²) in [7, 11) is 0. The van der Waals surface area contributed by atoms with Crippen molar-refractivity contribution in [1.29, 1.82) is 0 Å². The second kappa shape index (κ2) is 6.07. The summed E-state index contributed by atoms with van der Waals surface area (Å²) >= 11 is 6.08. The molecular formula is C17H21ClO3. The molecule has 1 aromatic rings. The van der Waals surface area contributed by atoms with E-state index in [1.54, 1.807) is 6.07 Å². The fourth-order valence-electron chi connectivity index (χ4n) is 3.46. The summed E-state index contributed by atoms with van der Waals surface area (Å²) in [6.45, 7) is 4.09. The molecule has 1 aromatic carbocycles. The molecule has 0 bridgehead atoms. The average Bonchev–Trinajstić information content (AvgIpc) is 2.46. The predicted octanol–water partition coefficient (Wildman–Crippen LogP) is 3.81. The Morgan fingerprint density at radius 1 is 1.24 bits per heavy atom. The molecule has 2 aliphatic rings. The van der Waals surface area contributed by atoms with Crippen molar-refractivity contribution in [3.63, 3.8) is 0 Å². The van der Waals surface area contributed by atoms with Gasteiger partial charge < -0.3 is 9.47 Å². The van der Waals surface area contributed by atoms with Gasteiger partial charge in [-0.15, -0.1) is 0 Å². The van der Waals surface area contributed by atoms with Crippen molar-refractivity contribution in [2.45, 2.75) is 38.2 Å². The molecule has 0 N–H and O–H groups in total. The van der Waals surface area contributed by atoms with Crippen LogP contribution < -0.4 is 0 Å². The molecule has 0 aliphatic carbocycles. The van der Waals surface area contributed by atoms with Crippen molar-refractivity contribution in [3.8, 4) is 0 Å². The van der Waals surface area contributed by atoms with Crippen LogP contribution in [0.4, 0.5) is 0 Å². The average molecular weight is 309 g/mol. The lowest BCUT2D eigenvalue weighted by molar-refractivity contribution is -0.142. The highest BCUT2D eigenvalue weighted by molar-refractivity contribution is 6.31. The lowest BCUT2D eigenvalue weighted by atomic mass is 9.78. The second-order valence-corrected chi connectivity index (χ2v) is 6.65. The van der Waals surface area contributed by atoms with Crippen LogP contribution in [0.1, 0.15) is 41.6 Å². The molecule has 3 rings (SSSR count). The zero-order valence-electron chi connectivity index (χ0n) is 12.4. The molecule has 0 aromatic heterocycles. The number of Topliss-reactive ketones (excluding diaryl/α,β-unsaturated/α-hetero) is 1. The van der Waals surface area contributed by atoms with E-state index < -0.39 is 0 Å². The van der Waals surface area contributed by atoms with Crippen LogP contribution in [0.2, 0.25) is 5.02 Å². The normalized spacial score (nSPS) is 25.0. The van der Waals surface area contributed by atoms with Crippen molar-refractivity contribution < 1.29 is 14.3 Å². The molecule has 2 heterocycles. The Morgan fingerprint density at radius 2 is 2.00 bits per heavy atom. The van der Waals surface area contributed by atoms with Gasteiger partial charge in [-0.2, -0.15) is 0 Å². The molecule has 0 amide bonds. The third-order valence-electron chi connectivity index (χ3n) is 4.59. The first-order valence-electron chi connectivity index (χ1n) is 7.61. The van der Waals surface area contributed by atoms with Gasteiger partial charge in [-0.3, -0.25) is 4.79 Å². The standard InChI is InChI=1S/C17H21ClO3/c1-12-8-14(10-15(18)9-12)16(19)13-2-5-21-17(11-13)3-6-20-7-4-17/h8-10,13H,2-7,11H2,1H3. The number of hydrogen-bond acceptors (Lipinski definition) is 3. The van der Waals surface area contributed by atoms with Gasteiger partial charge in [0.2, 0.25) is 0 Å². The third-order valence-corrected chi connectivity index (χ3v) is 4.81. The van der Waals surface area contributed by atoms with Gasteiger partial charge in [-0.1, -0.05) is 11.6 Å². The maximum atomic E-state index is 12.8. The number of ketones is 1. The van der Waals surface area contributed by atoms with Crippen LogP contribution in [0.5, 0.6) is 0 Å². The Balaban J connectivity index is 1.77. The molecule has 114 valence electrons. The number of aryl methyl sites for hydroxylation is 1. The lowest BCUT2D eigenvalue weighted by Crippen LogP contribution is -2.45. The SMILES string of the molecule is Cc1cc(Cl)cc(C(=O)C2CCOC3(CCOCC3)C2)c1. The summed E-state index contributed by atoms with van der Waals surface area (Å²) in [6, 6.07) is 5.59. The Kier molecular flexibility index (Phi) is 4.34. The van der Waals surface area contributed by atoms with E-state index in [0.29, 0.717) is 11.6 Å². The smallest absolute Gasteiger partial charge is 0.166 e. The Labute approximate surface area is 130 Å². The summed E-state index contributed by atoms with van der Waals surface area (Å²) < 4.78 is 11.4. The van der Waals surface area contributed by atoms with Crippen LogP contribution in [0.15, 0.2) is 18.2 Å². The molecule has 2 fully saturated rings. The lowest BCUT2D eigenvalue weighted by Gasteiger charge is -2.42. The molecule has 21 heavy (non-hydrogen) atoms. The van der Waals surface area contributed by atoms with Crippen molar-refractivity contribution in [2.24, 2.45) is 5.92 Å². The van der Waals surface area contributed by atoms with Crippen LogP contribution in [0.25, 0.3) is 0 Å². The van der Waals surface area contributed by atoms with Crippen molar-refractivity contribution in [2.75, 3.05) is 19.8 Å². The number of carbonyl (C=O) groups is 1. The topological polar surface area (TPSA) is 35.5 Å². The van der Waals surface area contributed by atoms with Crippen LogP contribution in [-0.4, -0.2) is 31.2 Å². The summed E-state index contributed by atoms with van der Waals surface area (Å²) in [5, 5.41) is 0.631. The van der Waals surface area contributed by atoms with Gasteiger partial charge in [0.1, 0.15) is 0 Å². The first-order chi connectivity index (χ1) is 10.1. The van der Waals surface area contributed by atoms with Crippen molar-refractivity contribution >= 4 is 17.4 Å². The van der Waals surface area contributed by atoms with E-state index in [4.69, 9.17) is 21.1 Å². The number of ether oxygens (including phenoxy) is 2. The minimum Gasteiger partial charge on any atom is -0.381 e. The van der Waals surface area contributed by atoms with Crippen LogP contribution in [0.3, 0.4) is 0 Å². The molecule has 1 atom stereocenters. The zero-order chi connectivity index (χ0) is 14.9. The summed E-state index contributed by atoms with van der Waals surface area (Å²) in [6.07, 6.45) is 3.39. The minimum atomic E-state index is -0.148. The molecule has 0 saturated carbocycles. The molecule has 0 radical (unpaired) electrons. The van der Waals surface area contributed by atoms with Crippen LogP contribution in [-0.2, 0) is 9.47 Å². The van der Waals surface area contributed by atoms with E-state index in [1.807, 2.05) is 19.1 Å². The maximum absolute atomic E-state index is 12.8. The van der Waals surface area contributed by atoms with E-state index in [-0.39, 0.29) is 17.3 Å². The number of hydrogen-bond donors (Lipinski definition) is 0. The van der Waals surface area contributed by atoms with Gasteiger partial charge in [-0.05, 0) is 56.4 Å². The molecule has 3 nitrogen and oxygen atoms in total. The van der Waals surface area contributed by atoms with E-state index in [2.05, 4.69) is 0 Å². The van der Waals surface area contributed by atoms with Crippen molar-refractivity contribution in [1.82, 2.24) is 0 Å². The highest BCUT2D eigenvalue weighted by Crippen LogP contribution is 2.38. The van der Waals surface area contributed by atoms with Gasteiger partial charge in [0.25, 0.3) is 0 Å². The molecule has 4 heteroatoms. The number of benzene rings is 1. The minimum absolute atomic E-state index is 0.0368. The third kappa shape index (κ3) is 3.31. The predicted molar refractivity (Wildman–Crippen MR) is 82.0 cm³/mol. The number of rotatable bonds is 2. The monoisotopic (exact) mass is 308 g/mol. The quantitative estimate of drug-likeness (QED) is 0.779. The second-order valence-electron chi connectivity index (χ2n) is 6.22. The molecule has 1 unspecified atom stereocenters. The zero-order valence-corrected chi connectivity index (χ0v) is 13.1. The van der Waals surface area contributed by atoms with Crippen LogP contribution in [0, 0.1) is 12.8 Å². The van der Waals surface area contributed by atoms with Gasteiger partial charge in [0.15, 0.2) is 5.78 Å². The highest BCUT2D eigenvalue weighted by Gasteiger charge is 2.41. The molecule has 1 spiro atoms. The highest BCUT2D eigenvalue weighted by atomic mass is 35.5. The molecule has 2 saturated heterocycles. The summed E-state index contributed by atoms with van der Waals surface area (Å²) in [5.74, 6) is 0.240. The first kappa shape index (κ1) is 15.0. The van der Waals surface area contributed by atoms with Gasteiger partial charge >= 0.3 is 0 Å². The Morgan fingerprint density at radius 3 is 2.71 bits per heavy atom. The Bertz CT molecular complexity index is 509. The van der Waals surface area contributed by atoms with E-state index >= 15 is 0 Å². The fourth-order valence-corrected chi connectivity index (χ4v) is 3.75. The van der Waals surface area contributed by atoms with Crippen LogP contribution >= 0.6 is 11.6 Å². The summed E-state index contributed by atoms with van der Waals surface area (Å²) in [5.41, 5.74) is 1.61. The van der Waals surface area contributed by atoms with E-state index in [1.165, 1.54) is 0 Å². The van der Waals surface area contributed by atoms with Gasteiger partial charge in [0, 0.05) is 36.3 Å². The first-order valence-corrected chi connectivity index (χ1v) is 7.99. The van der Waals surface area contributed by atoms with Gasteiger partial charge in [-0.25, -0.2) is 0 Å². The largest absolute Gasteiger partial charge is 0.381 e. The number of halogens is 1. The Hall–Kier alpha value is -0.900. The van der Waals surface area contributed by atoms with Gasteiger partial charge in [0.05, 0.1) is 5.60 Å². The summed E-state index contributed by atoms with van der Waals surface area (Å²) in [4.78, 5) is 12.8.